The highest BCUT2D eigenvalue weighted by Crippen LogP contribution is 2.32. The third-order valence-corrected chi connectivity index (χ3v) is 3.84. The molecule has 0 aromatic heterocycles. The Labute approximate surface area is 128 Å². The molecule has 0 aliphatic rings. The van der Waals surface area contributed by atoms with Crippen LogP contribution in [0.2, 0.25) is 0 Å². The van der Waals surface area contributed by atoms with Crippen molar-refractivity contribution in [1.82, 2.24) is 5.32 Å². The Morgan fingerprint density at radius 3 is 2.24 bits per heavy atom. The largest absolute Gasteiger partial charge is 0.496 e. The molecular weight excluding hydrogens is 258 g/mol. The Morgan fingerprint density at radius 2 is 1.62 bits per heavy atom. The Morgan fingerprint density at radius 1 is 0.952 bits per heavy atom. The number of hydrogen-bond acceptors (Lipinski definition) is 2. The maximum atomic E-state index is 5.57. The number of aryl methyl sites for hydroxylation is 3. The molecule has 0 bridgehead atoms. The molecule has 1 unspecified atom stereocenters. The van der Waals surface area contributed by atoms with Gasteiger partial charge in [0, 0.05) is 5.56 Å². The normalized spacial score (nSPS) is 12.2. The summed E-state index contributed by atoms with van der Waals surface area (Å²) in [6.45, 7) is 9.48. The molecule has 0 saturated carbocycles. The molecule has 0 fully saturated rings. The second-order valence-corrected chi connectivity index (χ2v) is 5.60. The van der Waals surface area contributed by atoms with Gasteiger partial charge >= 0.3 is 0 Å². The summed E-state index contributed by atoms with van der Waals surface area (Å²) in [7, 11) is 1.74. The van der Waals surface area contributed by atoms with Crippen molar-refractivity contribution in [3.8, 4) is 5.75 Å². The Hall–Kier alpha value is -1.80. The summed E-state index contributed by atoms with van der Waals surface area (Å²) in [5.74, 6) is 0.937. The molecule has 0 aliphatic heterocycles. The lowest BCUT2D eigenvalue weighted by molar-refractivity contribution is 0.404. The van der Waals surface area contributed by atoms with Crippen LogP contribution >= 0.6 is 0 Å². The van der Waals surface area contributed by atoms with Gasteiger partial charge in [-0.25, -0.2) is 0 Å². The fraction of sp³-hybridized carbons (Fsp3) is 0.368. The molecule has 21 heavy (non-hydrogen) atoms. The highest BCUT2D eigenvalue weighted by molar-refractivity contribution is 5.46. The molecule has 0 aliphatic carbocycles. The van der Waals surface area contributed by atoms with E-state index in [-0.39, 0.29) is 6.04 Å². The molecule has 0 saturated heterocycles. The summed E-state index contributed by atoms with van der Waals surface area (Å²) >= 11 is 0. The smallest absolute Gasteiger partial charge is 0.123 e. The number of benzene rings is 2. The van der Waals surface area contributed by atoms with Crippen LogP contribution < -0.4 is 10.1 Å². The first-order chi connectivity index (χ1) is 10.1. The summed E-state index contributed by atoms with van der Waals surface area (Å²) in [6.07, 6.45) is 0. The number of rotatable bonds is 5. The maximum absolute atomic E-state index is 5.57. The van der Waals surface area contributed by atoms with Gasteiger partial charge in [-0.1, -0.05) is 48.4 Å². The zero-order valence-corrected chi connectivity index (χ0v) is 13.7. The van der Waals surface area contributed by atoms with Gasteiger partial charge in [0.1, 0.15) is 5.75 Å². The predicted molar refractivity (Wildman–Crippen MR) is 89.2 cm³/mol. The molecule has 2 aromatic carbocycles. The SMILES string of the molecule is CCNC(c1ccc(C)cc1C)c1cc(C)ccc1OC. The molecular formula is C19H25NO. The fourth-order valence-electron chi connectivity index (χ4n) is 2.82. The first kappa shape index (κ1) is 15.6. The van der Waals surface area contributed by atoms with Crippen LogP contribution in [0.25, 0.3) is 0 Å². The van der Waals surface area contributed by atoms with Crippen molar-refractivity contribution >= 4 is 0 Å². The van der Waals surface area contributed by atoms with E-state index in [0.29, 0.717) is 0 Å². The minimum Gasteiger partial charge on any atom is -0.496 e. The summed E-state index contributed by atoms with van der Waals surface area (Å²) in [5.41, 5.74) is 6.36. The standard InChI is InChI=1S/C19H25NO/c1-6-20-19(16-9-7-13(2)11-15(16)4)17-12-14(3)8-10-18(17)21-5/h7-12,19-20H,6H2,1-5H3. The lowest BCUT2D eigenvalue weighted by atomic mass is 9.92. The first-order valence-corrected chi connectivity index (χ1v) is 7.52. The van der Waals surface area contributed by atoms with E-state index >= 15 is 0 Å². The Balaban J connectivity index is 2.55. The van der Waals surface area contributed by atoms with Crippen molar-refractivity contribution in [3.63, 3.8) is 0 Å². The predicted octanol–water partition coefficient (Wildman–Crippen LogP) is 4.32. The average Bonchev–Trinajstić information content (AvgIpc) is 2.45. The number of hydrogen-bond donors (Lipinski definition) is 1. The van der Waals surface area contributed by atoms with Crippen LogP contribution in [0.4, 0.5) is 0 Å². The molecule has 2 heteroatoms. The number of nitrogens with one attached hydrogen (secondary N) is 1. The molecule has 0 spiro atoms. The molecule has 1 atom stereocenters. The molecule has 0 radical (unpaired) electrons. The molecule has 1 N–H and O–H groups in total. The molecule has 2 nitrogen and oxygen atoms in total. The van der Waals surface area contributed by atoms with E-state index < -0.39 is 0 Å². The summed E-state index contributed by atoms with van der Waals surface area (Å²) in [4.78, 5) is 0. The van der Waals surface area contributed by atoms with Gasteiger partial charge in [0.2, 0.25) is 0 Å². The molecule has 112 valence electrons. The molecule has 0 amide bonds. The van der Waals surface area contributed by atoms with Crippen LogP contribution in [0, 0.1) is 20.8 Å². The van der Waals surface area contributed by atoms with E-state index in [0.717, 1.165) is 12.3 Å². The third kappa shape index (κ3) is 3.45. The van der Waals surface area contributed by atoms with Gasteiger partial charge in [0.15, 0.2) is 0 Å². The van der Waals surface area contributed by atoms with Gasteiger partial charge in [-0.3, -0.25) is 0 Å². The van der Waals surface area contributed by atoms with Gasteiger partial charge in [-0.05, 0) is 44.5 Å². The van der Waals surface area contributed by atoms with Crippen molar-refractivity contribution in [2.45, 2.75) is 33.7 Å². The third-order valence-electron chi connectivity index (χ3n) is 3.84. The van der Waals surface area contributed by atoms with Crippen molar-refractivity contribution in [1.29, 1.82) is 0 Å². The summed E-state index contributed by atoms with van der Waals surface area (Å²) in [5, 5.41) is 3.60. The minimum absolute atomic E-state index is 0.158. The van der Waals surface area contributed by atoms with Crippen molar-refractivity contribution in [2.75, 3.05) is 13.7 Å². The maximum Gasteiger partial charge on any atom is 0.123 e. The molecule has 0 heterocycles. The van der Waals surface area contributed by atoms with Gasteiger partial charge in [-0.2, -0.15) is 0 Å². The van der Waals surface area contributed by atoms with Gasteiger partial charge in [0.25, 0.3) is 0 Å². The fourth-order valence-corrected chi connectivity index (χ4v) is 2.82. The van der Waals surface area contributed by atoms with Crippen LogP contribution in [-0.4, -0.2) is 13.7 Å². The van der Waals surface area contributed by atoms with Gasteiger partial charge in [-0.15, -0.1) is 0 Å². The molecule has 2 rings (SSSR count). The highest BCUT2D eigenvalue weighted by Gasteiger charge is 2.19. The Kier molecular flexibility index (Phi) is 5.03. The zero-order chi connectivity index (χ0) is 15.4. The average molecular weight is 283 g/mol. The van der Waals surface area contributed by atoms with Crippen LogP contribution in [0.1, 0.15) is 40.8 Å². The summed E-state index contributed by atoms with van der Waals surface area (Å²) < 4.78 is 5.57. The Bertz CT molecular complexity index is 619. The first-order valence-electron chi connectivity index (χ1n) is 7.52. The van der Waals surface area contributed by atoms with E-state index in [9.17, 15) is 0 Å². The van der Waals surface area contributed by atoms with Gasteiger partial charge < -0.3 is 10.1 Å². The van der Waals surface area contributed by atoms with Crippen LogP contribution in [-0.2, 0) is 0 Å². The summed E-state index contributed by atoms with van der Waals surface area (Å²) in [6, 6.07) is 13.2. The topological polar surface area (TPSA) is 21.3 Å². The van der Waals surface area contributed by atoms with E-state index in [1.807, 2.05) is 0 Å². The van der Waals surface area contributed by atoms with Crippen LogP contribution in [0.15, 0.2) is 36.4 Å². The van der Waals surface area contributed by atoms with Crippen LogP contribution in [0.5, 0.6) is 5.75 Å². The quantitative estimate of drug-likeness (QED) is 0.882. The molecule has 2 aromatic rings. The second-order valence-electron chi connectivity index (χ2n) is 5.60. The van der Waals surface area contributed by atoms with E-state index in [1.165, 1.54) is 27.8 Å². The zero-order valence-electron chi connectivity index (χ0n) is 13.7. The van der Waals surface area contributed by atoms with Crippen LogP contribution in [0.3, 0.4) is 0 Å². The van der Waals surface area contributed by atoms with E-state index in [2.05, 4.69) is 69.4 Å². The van der Waals surface area contributed by atoms with Crippen molar-refractivity contribution in [3.05, 3.63) is 64.2 Å². The lowest BCUT2D eigenvalue weighted by Crippen LogP contribution is -2.23. The second kappa shape index (κ2) is 6.77. The van der Waals surface area contributed by atoms with Gasteiger partial charge in [0.05, 0.1) is 13.2 Å². The monoisotopic (exact) mass is 283 g/mol. The van der Waals surface area contributed by atoms with Crippen molar-refractivity contribution < 1.29 is 4.74 Å². The lowest BCUT2D eigenvalue weighted by Gasteiger charge is -2.23. The number of methoxy groups -OCH3 is 1. The number of ether oxygens (including phenoxy) is 1. The highest BCUT2D eigenvalue weighted by atomic mass is 16.5. The van der Waals surface area contributed by atoms with E-state index in [4.69, 9.17) is 4.74 Å². The minimum atomic E-state index is 0.158. The van der Waals surface area contributed by atoms with Crippen molar-refractivity contribution in [2.24, 2.45) is 0 Å². The van der Waals surface area contributed by atoms with E-state index in [1.54, 1.807) is 7.11 Å².